The van der Waals surface area contributed by atoms with Gasteiger partial charge in [-0.05, 0) is 48.9 Å². The van der Waals surface area contributed by atoms with Crippen molar-refractivity contribution in [1.29, 1.82) is 0 Å². The molecule has 0 aromatic heterocycles. The third-order valence-corrected chi connectivity index (χ3v) is 11.1. The zero-order chi connectivity index (χ0) is 36.4. The molecule has 48 heavy (non-hydrogen) atoms. The molecule has 15 heteroatoms. The monoisotopic (exact) mass is 697 g/mol. The second kappa shape index (κ2) is 18.1. The summed E-state index contributed by atoms with van der Waals surface area (Å²) in [5.74, 6) is -2.59. The van der Waals surface area contributed by atoms with Gasteiger partial charge in [-0.1, -0.05) is 60.0 Å². The van der Waals surface area contributed by atoms with Crippen molar-refractivity contribution < 1.29 is 32.4 Å². The molecule has 14 nitrogen and oxygen atoms in total. The van der Waals surface area contributed by atoms with Crippen molar-refractivity contribution >= 4 is 39.7 Å². The van der Waals surface area contributed by atoms with Gasteiger partial charge in [-0.15, -0.1) is 6.58 Å². The molecular weight excluding hydrogens is 638 g/mol. The molecule has 1 saturated carbocycles. The van der Waals surface area contributed by atoms with E-state index in [-0.39, 0.29) is 36.8 Å². The molecular formula is C33H59N7O7S. The first-order valence-corrected chi connectivity index (χ1v) is 18.4. The Morgan fingerprint density at radius 3 is 2.12 bits per heavy atom. The summed E-state index contributed by atoms with van der Waals surface area (Å²) in [6, 6.07) is -2.97. The quantitative estimate of drug-likeness (QED) is 0.140. The van der Waals surface area contributed by atoms with Gasteiger partial charge in [-0.2, -0.15) is 17.0 Å². The summed E-state index contributed by atoms with van der Waals surface area (Å²) in [5, 5.41) is 10.9. The van der Waals surface area contributed by atoms with Crippen LogP contribution in [0.15, 0.2) is 12.7 Å². The van der Waals surface area contributed by atoms with E-state index in [9.17, 15) is 32.4 Å². The Morgan fingerprint density at radius 2 is 1.58 bits per heavy atom. The summed E-state index contributed by atoms with van der Waals surface area (Å²) in [4.78, 5) is 67.7. The molecule has 1 heterocycles. The summed E-state index contributed by atoms with van der Waals surface area (Å²) in [5.41, 5.74) is -0.528. The van der Waals surface area contributed by atoms with Gasteiger partial charge in [0.05, 0.1) is 6.54 Å². The molecule has 0 unspecified atom stereocenters. The normalized spacial score (nSPS) is 20.4. The van der Waals surface area contributed by atoms with Gasteiger partial charge in [-0.25, -0.2) is 4.79 Å². The Morgan fingerprint density at radius 1 is 0.958 bits per heavy atom. The van der Waals surface area contributed by atoms with Crippen LogP contribution in [0, 0.1) is 23.2 Å². The first-order chi connectivity index (χ1) is 22.3. The second-order valence-electron chi connectivity index (χ2n) is 14.8. The molecule has 1 saturated heterocycles. The molecule has 2 aliphatic rings. The topological polar surface area (TPSA) is 177 Å². The van der Waals surface area contributed by atoms with Crippen LogP contribution in [0.25, 0.3) is 0 Å². The molecule has 0 bridgehead atoms. The van der Waals surface area contributed by atoms with E-state index in [1.807, 2.05) is 34.6 Å². The highest BCUT2D eigenvalue weighted by molar-refractivity contribution is 7.86. The number of nitrogens with one attached hydrogen (secondary N) is 4. The van der Waals surface area contributed by atoms with Gasteiger partial charge in [0.25, 0.3) is 16.1 Å². The second-order valence-corrected chi connectivity index (χ2v) is 17.0. The Hall–Kier alpha value is -3.04. The molecule has 4 atom stereocenters. The van der Waals surface area contributed by atoms with Crippen LogP contribution in [-0.4, -0.2) is 117 Å². The number of hydrogen-bond donors (Lipinski definition) is 4. The smallest absolute Gasteiger partial charge is 0.315 e. The summed E-state index contributed by atoms with van der Waals surface area (Å²) in [7, 11) is 0.601. The number of carbonyl (C=O) groups excluding carboxylic acids is 5. The average molecular weight is 698 g/mol. The van der Waals surface area contributed by atoms with Crippen molar-refractivity contribution in [3.63, 3.8) is 0 Å². The minimum absolute atomic E-state index is 0.00899. The van der Waals surface area contributed by atoms with Crippen LogP contribution >= 0.6 is 0 Å². The minimum atomic E-state index is -3.73. The lowest BCUT2D eigenvalue weighted by Gasteiger charge is -2.37. The fourth-order valence-electron chi connectivity index (χ4n) is 6.46. The van der Waals surface area contributed by atoms with Gasteiger partial charge < -0.3 is 26.2 Å². The minimum Gasteiger partial charge on any atom is -0.347 e. The van der Waals surface area contributed by atoms with Crippen molar-refractivity contribution in [3.05, 3.63) is 12.7 Å². The number of ketones is 1. The number of amides is 5. The summed E-state index contributed by atoms with van der Waals surface area (Å²) in [6.45, 7) is 13.2. The molecule has 2 fully saturated rings. The highest BCUT2D eigenvalue weighted by Gasteiger charge is 2.46. The number of carbonyl (C=O) groups is 5. The summed E-state index contributed by atoms with van der Waals surface area (Å²) >= 11 is 0. The lowest BCUT2D eigenvalue weighted by atomic mass is 9.83. The number of hydrogen-bond acceptors (Lipinski definition) is 7. The van der Waals surface area contributed by atoms with Crippen LogP contribution in [0.2, 0.25) is 0 Å². The Kier molecular flexibility index (Phi) is 15.5. The maximum atomic E-state index is 14.4. The lowest BCUT2D eigenvalue weighted by Crippen LogP contribution is -2.61. The number of rotatable bonds is 16. The number of urea groups is 1. The largest absolute Gasteiger partial charge is 0.347 e. The van der Waals surface area contributed by atoms with Gasteiger partial charge in [-0.3, -0.25) is 19.2 Å². The molecule has 274 valence electrons. The van der Waals surface area contributed by atoms with Crippen molar-refractivity contribution in [2.75, 3.05) is 47.3 Å². The molecule has 2 rings (SSSR count). The zero-order valence-corrected chi connectivity index (χ0v) is 31.0. The highest BCUT2D eigenvalue weighted by atomic mass is 32.2. The Balaban J connectivity index is 2.32. The van der Waals surface area contributed by atoms with E-state index in [4.69, 9.17) is 0 Å². The van der Waals surface area contributed by atoms with E-state index in [1.165, 1.54) is 36.4 Å². The number of Topliss-reactive ketones (excluding diaryl/α,β-unsaturated/α-hetero) is 1. The van der Waals surface area contributed by atoms with Gasteiger partial charge in [0.2, 0.25) is 17.6 Å². The van der Waals surface area contributed by atoms with Crippen LogP contribution in [-0.2, 0) is 29.4 Å². The number of likely N-dealkylation sites (N-methyl/N-ethyl adjacent to an activating group) is 1. The molecule has 1 aliphatic heterocycles. The van der Waals surface area contributed by atoms with Crippen LogP contribution < -0.4 is 21.3 Å². The molecule has 5 amide bonds. The molecule has 1 aliphatic carbocycles. The van der Waals surface area contributed by atoms with E-state index in [1.54, 1.807) is 0 Å². The van der Waals surface area contributed by atoms with Crippen LogP contribution in [0.3, 0.4) is 0 Å². The third-order valence-electron chi connectivity index (χ3n) is 9.25. The highest BCUT2D eigenvalue weighted by Crippen LogP contribution is 2.34. The fourth-order valence-corrected chi connectivity index (χ4v) is 7.36. The predicted molar refractivity (Wildman–Crippen MR) is 185 cm³/mol. The SMILES string of the molecule is C=CCNC(=O)C(=O)CNC(=O)[C@@H]1[C@@H](CC(C)C)CCN1C(=O)[C@@H](NC(=O)N[C@H](CN(C)S(=O)(=O)N(C)C)C(C)(C)C)C1CCCCC1. The molecule has 0 spiro atoms. The molecule has 0 radical (unpaired) electrons. The Bertz CT molecular complexity index is 1260. The van der Waals surface area contributed by atoms with Gasteiger partial charge in [0, 0.05) is 46.8 Å². The lowest BCUT2D eigenvalue weighted by molar-refractivity contribution is -0.143. The molecule has 0 aromatic carbocycles. The van der Waals surface area contributed by atoms with Crippen LogP contribution in [0.5, 0.6) is 0 Å². The van der Waals surface area contributed by atoms with Crippen molar-refractivity contribution in [2.45, 2.75) is 97.7 Å². The zero-order valence-electron chi connectivity index (χ0n) is 30.1. The molecule has 0 aromatic rings. The van der Waals surface area contributed by atoms with Crippen LogP contribution in [0.4, 0.5) is 4.79 Å². The van der Waals surface area contributed by atoms with Crippen molar-refractivity contribution in [2.24, 2.45) is 23.2 Å². The van der Waals surface area contributed by atoms with Crippen molar-refractivity contribution in [1.82, 2.24) is 34.8 Å². The standard InChI is InChI=1S/C33H59N7O7S/c1-10-17-34-29(42)25(41)20-35-30(43)28-24(19-22(2)3)16-18-40(28)31(44)27(23-14-12-11-13-15-23)37-32(45)36-26(33(4,5)6)21-39(9)48(46,47)38(7)8/h10,22-24,26-28H,1,11-21H2,2-9H3,(H,34,42)(H,35,43)(H2,36,37,45)/t24-,26-,27+,28+/m1/s1. The Labute approximate surface area is 287 Å². The van der Waals surface area contributed by atoms with Crippen LogP contribution in [0.1, 0.15) is 79.6 Å². The summed E-state index contributed by atoms with van der Waals surface area (Å²) in [6.07, 6.45) is 7.01. The first-order valence-electron chi connectivity index (χ1n) is 17.0. The molecule has 4 N–H and O–H groups in total. The fraction of sp³-hybridized carbons (Fsp3) is 0.788. The summed E-state index contributed by atoms with van der Waals surface area (Å²) < 4.78 is 27.8. The predicted octanol–water partition coefficient (Wildman–Crippen LogP) is 1.64. The number of likely N-dealkylation sites (tertiary alicyclic amines) is 1. The maximum absolute atomic E-state index is 14.4. The van der Waals surface area contributed by atoms with E-state index >= 15 is 0 Å². The third kappa shape index (κ3) is 11.5. The van der Waals surface area contributed by atoms with Gasteiger partial charge in [0.1, 0.15) is 12.1 Å². The van der Waals surface area contributed by atoms with Crippen molar-refractivity contribution in [3.8, 4) is 0 Å². The van der Waals surface area contributed by atoms with Gasteiger partial charge in [0.15, 0.2) is 0 Å². The van der Waals surface area contributed by atoms with E-state index in [0.29, 0.717) is 19.4 Å². The first kappa shape index (κ1) is 41.1. The van der Waals surface area contributed by atoms with E-state index in [0.717, 1.165) is 36.4 Å². The number of nitrogens with zero attached hydrogens (tertiary/aromatic N) is 3. The average Bonchev–Trinajstić information content (AvgIpc) is 3.42. The van der Waals surface area contributed by atoms with Gasteiger partial charge >= 0.3 is 6.03 Å². The van der Waals surface area contributed by atoms with E-state index < -0.39 is 63.9 Å². The van der Waals surface area contributed by atoms with E-state index in [2.05, 4.69) is 27.8 Å². The maximum Gasteiger partial charge on any atom is 0.315 e.